The summed E-state index contributed by atoms with van der Waals surface area (Å²) in [6.45, 7) is 0.502. The Balaban J connectivity index is 1.74. The summed E-state index contributed by atoms with van der Waals surface area (Å²) >= 11 is 0. The summed E-state index contributed by atoms with van der Waals surface area (Å²) in [6.07, 6.45) is 7.83. The molecule has 2 aliphatic rings. The molecule has 0 unspecified atom stereocenters. The molecular weight excluding hydrogens is 385 g/mol. The summed E-state index contributed by atoms with van der Waals surface area (Å²) in [5.41, 5.74) is 0.518. The zero-order valence-corrected chi connectivity index (χ0v) is 17.0. The largest absolute Gasteiger partial charge is 0.493 e. The second kappa shape index (κ2) is 9.22. The van der Waals surface area contributed by atoms with Gasteiger partial charge in [-0.15, -0.1) is 0 Å². The van der Waals surface area contributed by atoms with E-state index in [2.05, 4.69) is 0 Å². The maximum absolute atomic E-state index is 14.6. The SMILES string of the molecule is COCCS(=O)(=O)NC(=O)c1cc(C2CC2)c(OCC2CCCCC2)cc1F. The number of amides is 1. The van der Waals surface area contributed by atoms with E-state index >= 15 is 0 Å². The lowest BCUT2D eigenvalue weighted by Gasteiger charge is -2.22. The number of ether oxygens (including phenoxy) is 2. The Bertz CT molecular complexity index is 801. The van der Waals surface area contributed by atoms with Crippen molar-refractivity contribution in [2.45, 2.75) is 50.9 Å². The second-order valence-electron chi connectivity index (χ2n) is 7.70. The third kappa shape index (κ3) is 5.67. The average molecular weight is 414 g/mol. The monoisotopic (exact) mass is 413 g/mol. The molecule has 0 radical (unpaired) electrons. The van der Waals surface area contributed by atoms with Crippen LogP contribution in [0.5, 0.6) is 5.75 Å². The van der Waals surface area contributed by atoms with Gasteiger partial charge >= 0.3 is 0 Å². The van der Waals surface area contributed by atoms with Gasteiger partial charge in [-0.3, -0.25) is 4.79 Å². The zero-order valence-electron chi connectivity index (χ0n) is 16.2. The van der Waals surface area contributed by atoms with Gasteiger partial charge in [0.15, 0.2) is 0 Å². The van der Waals surface area contributed by atoms with E-state index in [0.717, 1.165) is 31.2 Å². The number of nitrogens with one attached hydrogen (secondary N) is 1. The fourth-order valence-electron chi connectivity index (χ4n) is 3.59. The van der Waals surface area contributed by atoms with Gasteiger partial charge in [-0.25, -0.2) is 17.5 Å². The van der Waals surface area contributed by atoms with E-state index in [-0.39, 0.29) is 23.8 Å². The van der Waals surface area contributed by atoms with Gasteiger partial charge in [-0.05, 0) is 49.1 Å². The molecule has 0 aromatic heterocycles. The van der Waals surface area contributed by atoms with Crippen LogP contribution in [-0.4, -0.2) is 40.4 Å². The van der Waals surface area contributed by atoms with Crippen LogP contribution in [-0.2, 0) is 14.8 Å². The first-order valence-corrected chi connectivity index (χ1v) is 11.5. The minimum absolute atomic E-state index is 0.0492. The fraction of sp³-hybridized carbons (Fsp3) is 0.650. The summed E-state index contributed by atoms with van der Waals surface area (Å²) in [4.78, 5) is 12.3. The van der Waals surface area contributed by atoms with E-state index in [0.29, 0.717) is 18.3 Å². The van der Waals surface area contributed by atoms with Gasteiger partial charge in [0.05, 0.1) is 24.5 Å². The first-order valence-electron chi connectivity index (χ1n) is 9.89. The highest BCUT2D eigenvalue weighted by atomic mass is 32.2. The van der Waals surface area contributed by atoms with Crippen molar-refractivity contribution in [3.05, 3.63) is 29.1 Å². The van der Waals surface area contributed by atoms with Gasteiger partial charge in [0, 0.05) is 13.2 Å². The van der Waals surface area contributed by atoms with E-state index < -0.39 is 21.7 Å². The lowest BCUT2D eigenvalue weighted by atomic mass is 9.90. The molecule has 2 fully saturated rings. The number of methoxy groups -OCH3 is 1. The molecule has 1 amide bonds. The number of sulfonamides is 1. The highest BCUT2D eigenvalue weighted by molar-refractivity contribution is 7.90. The molecule has 2 saturated carbocycles. The van der Waals surface area contributed by atoms with E-state index in [9.17, 15) is 17.6 Å². The fourth-order valence-corrected chi connectivity index (χ4v) is 4.47. The lowest BCUT2D eigenvalue weighted by molar-refractivity contribution is 0.0977. The third-order valence-corrected chi connectivity index (χ3v) is 6.57. The van der Waals surface area contributed by atoms with E-state index in [1.54, 1.807) is 0 Å². The molecule has 3 rings (SSSR count). The summed E-state index contributed by atoms with van der Waals surface area (Å²) in [6, 6.07) is 2.68. The lowest BCUT2D eigenvalue weighted by Crippen LogP contribution is -2.34. The second-order valence-corrected chi connectivity index (χ2v) is 9.54. The minimum atomic E-state index is -3.88. The number of hydrogen-bond acceptors (Lipinski definition) is 5. The van der Waals surface area contributed by atoms with E-state index in [1.165, 1.54) is 38.5 Å². The first kappa shape index (κ1) is 21.0. The normalized spacial score (nSPS) is 18.1. The van der Waals surface area contributed by atoms with Crippen molar-refractivity contribution in [2.75, 3.05) is 26.1 Å². The van der Waals surface area contributed by atoms with Gasteiger partial charge in [-0.1, -0.05) is 19.3 Å². The van der Waals surface area contributed by atoms with Crippen LogP contribution in [0, 0.1) is 11.7 Å². The highest BCUT2D eigenvalue weighted by Crippen LogP contribution is 2.45. The van der Waals surface area contributed by atoms with Crippen LogP contribution >= 0.6 is 0 Å². The summed E-state index contributed by atoms with van der Waals surface area (Å²) < 4.78 is 51.0. The van der Waals surface area contributed by atoms with Gasteiger partial charge in [0.25, 0.3) is 5.91 Å². The summed E-state index contributed by atoms with van der Waals surface area (Å²) in [5.74, 6) is -0.910. The predicted molar refractivity (Wildman–Crippen MR) is 104 cm³/mol. The third-order valence-electron chi connectivity index (χ3n) is 5.36. The number of benzene rings is 1. The number of carbonyl (C=O) groups is 1. The maximum Gasteiger partial charge on any atom is 0.267 e. The molecule has 1 aromatic rings. The molecule has 1 N–H and O–H groups in total. The van der Waals surface area contributed by atoms with Crippen molar-refractivity contribution >= 4 is 15.9 Å². The Kier molecular flexibility index (Phi) is 6.93. The molecular formula is C20H28FNO5S. The Hall–Kier alpha value is -1.67. The molecule has 156 valence electrons. The molecule has 0 spiro atoms. The standard InChI is InChI=1S/C20H28FNO5S/c1-26-9-10-28(24,25)22-20(23)17-11-16(15-7-8-15)19(12-18(17)21)27-13-14-5-3-2-4-6-14/h11-12,14-15H,2-10,13H2,1H3,(H,22,23). The molecule has 28 heavy (non-hydrogen) atoms. The van der Waals surface area contributed by atoms with Crippen LogP contribution in [0.4, 0.5) is 4.39 Å². The van der Waals surface area contributed by atoms with Gasteiger partial charge < -0.3 is 9.47 Å². The van der Waals surface area contributed by atoms with Crippen molar-refractivity contribution in [3.63, 3.8) is 0 Å². The van der Waals surface area contributed by atoms with Gasteiger partial charge in [-0.2, -0.15) is 0 Å². The van der Waals surface area contributed by atoms with E-state index in [1.807, 2.05) is 4.72 Å². The Morgan fingerprint density at radius 3 is 2.54 bits per heavy atom. The molecule has 0 saturated heterocycles. The molecule has 1 aromatic carbocycles. The van der Waals surface area contributed by atoms with Crippen LogP contribution in [0.15, 0.2) is 12.1 Å². The van der Waals surface area contributed by atoms with Crippen LogP contribution in [0.2, 0.25) is 0 Å². The predicted octanol–water partition coefficient (Wildman–Crippen LogP) is 3.37. The van der Waals surface area contributed by atoms with Gasteiger partial charge in [0.1, 0.15) is 11.6 Å². The Labute approximate surface area is 165 Å². The molecule has 8 heteroatoms. The number of halogens is 1. The smallest absolute Gasteiger partial charge is 0.267 e. The average Bonchev–Trinajstić information content (AvgIpc) is 3.50. The van der Waals surface area contributed by atoms with Crippen LogP contribution in [0.25, 0.3) is 0 Å². The van der Waals surface area contributed by atoms with Crippen molar-refractivity contribution < 1.29 is 27.1 Å². The molecule has 0 atom stereocenters. The van der Waals surface area contributed by atoms with Crippen LogP contribution < -0.4 is 9.46 Å². The quantitative estimate of drug-likeness (QED) is 0.671. The van der Waals surface area contributed by atoms with E-state index in [4.69, 9.17) is 9.47 Å². The maximum atomic E-state index is 14.6. The van der Waals surface area contributed by atoms with Crippen molar-refractivity contribution in [3.8, 4) is 5.75 Å². The Morgan fingerprint density at radius 1 is 1.18 bits per heavy atom. The van der Waals surface area contributed by atoms with Gasteiger partial charge in [0.2, 0.25) is 10.0 Å². The number of carbonyl (C=O) groups excluding carboxylic acids is 1. The van der Waals surface area contributed by atoms with Crippen molar-refractivity contribution in [1.82, 2.24) is 4.72 Å². The summed E-state index contributed by atoms with van der Waals surface area (Å²) in [7, 11) is -2.52. The molecule has 0 heterocycles. The molecule has 0 aliphatic heterocycles. The molecule has 0 bridgehead atoms. The number of rotatable bonds is 9. The minimum Gasteiger partial charge on any atom is -0.493 e. The number of hydrogen-bond donors (Lipinski definition) is 1. The zero-order chi connectivity index (χ0) is 20.1. The highest BCUT2D eigenvalue weighted by Gasteiger charge is 2.30. The van der Waals surface area contributed by atoms with Crippen LogP contribution in [0.1, 0.15) is 66.8 Å². The summed E-state index contributed by atoms with van der Waals surface area (Å²) in [5, 5.41) is 0. The first-order chi connectivity index (χ1) is 13.4. The topological polar surface area (TPSA) is 81.7 Å². The van der Waals surface area contributed by atoms with Crippen molar-refractivity contribution in [1.29, 1.82) is 0 Å². The molecule has 6 nitrogen and oxygen atoms in total. The Morgan fingerprint density at radius 2 is 1.89 bits per heavy atom. The molecule has 2 aliphatic carbocycles. The van der Waals surface area contributed by atoms with Crippen LogP contribution in [0.3, 0.4) is 0 Å². The van der Waals surface area contributed by atoms with Crippen molar-refractivity contribution in [2.24, 2.45) is 5.92 Å².